The molecule has 0 aromatic heterocycles. The Hall–Kier alpha value is -2.29. The number of methoxy groups -OCH3 is 1. The van der Waals surface area contributed by atoms with E-state index in [-0.39, 0.29) is 5.97 Å². The molecule has 2 aromatic rings. The van der Waals surface area contributed by atoms with Crippen molar-refractivity contribution >= 4 is 11.7 Å². The minimum atomic E-state index is -0.301. The van der Waals surface area contributed by atoms with Crippen LogP contribution in [0.4, 0.5) is 5.69 Å². The summed E-state index contributed by atoms with van der Waals surface area (Å²) in [5, 5.41) is 3.58. The lowest BCUT2D eigenvalue weighted by Gasteiger charge is -2.18. The predicted octanol–water partition coefficient (Wildman–Crippen LogP) is 3.88. The predicted molar refractivity (Wildman–Crippen MR) is 83.6 cm³/mol. The Bertz CT molecular complexity index is 679. The molecule has 0 saturated heterocycles. The molecule has 21 heavy (non-hydrogen) atoms. The van der Waals surface area contributed by atoms with E-state index in [0.29, 0.717) is 11.6 Å². The summed E-state index contributed by atoms with van der Waals surface area (Å²) < 4.78 is 4.79. The third kappa shape index (κ3) is 2.64. The summed E-state index contributed by atoms with van der Waals surface area (Å²) >= 11 is 0. The van der Waals surface area contributed by atoms with Crippen molar-refractivity contribution in [1.29, 1.82) is 0 Å². The number of aryl methyl sites for hydroxylation is 2. The molecule has 1 aliphatic rings. The van der Waals surface area contributed by atoms with E-state index in [2.05, 4.69) is 29.6 Å². The van der Waals surface area contributed by atoms with Gasteiger partial charge in [0.25, 0.3) is 0 Å². The molecule has 0 saturated carbocycles. The lowest BCUT2D eigenvalue weighted by atomic mass is 10.1. The highest BCUT2D eigenvalue weighted by Crippen LogP contribution is 2.34. The average molecular weight is 281 g/mol. The van der Waals surface area contributed by atoms with Gasteiger partial charge in [-0.05, 0) is 48.6 Å². The highest BCUT2D eigenvalue weighted by molar-refractivity contribution is 5.90. The molecule has 0 heterocycles. The SMILES string of the molecule is COC(=O)c1ccc(C)c(NC2CCc3ccccc32)c1. The number of carbonyl (C=O) groups excluding carboxylic acids is 1. The van der Waals surface area contributed by atoms with Crippen LogP contribution in [0.15, 0.2) is 42.5 Å². The number of nitrogens with one attached hydrogen (secondary N) is 1. The summed E-state index contributed by atoms with van der Waals surface area (Å²) in [5.74, 6) is -0.301. The minimum absolute atomic E-state index is 0.301. The van der Waals surface area contributed by atoms with Gasteiger partial charge in [0.1, 0.15) is 0 Å². The van der Waals surface area contributed by atoms with Crippen LogP contribution in [0.25, 0.3) is 0 Å². The summed E-state index contributed by atoms with van der Waals surface area (Å²) in [6.45, 7) is 2.05. The number of carbonyl (C=O) groups is 1. The Balaban J connectivity index is 1.87. The second-order valence-electron chi connectivity index (χ2n) is 5.46. The van der Waals surface area contributed by atoms with Gasteiger partial charge < -0.3 is 10.1 Å². The van der Waals surface area contributed by atoms with E-state index in [1.807, 2.05) is 19.1 Å². The molecule has 1 atom stereocenters. The number of fused-ring (bicyclic) bond motifs is 1. The number of esters is 1. The molecule has 3 rings (SSSR count). The van der Waals surface area contributed by atoms with Gasteiger partial charge in [0.2, 0.25) is 0 Å². The quantitative estimate of drug-likeness (QED) is 0.868. The van der Waals surface area contributed by atoms with Gasteiger partial charge in [0.05, 0.1) is 18.7 Å². The van der Waals surface area contributed by atoms with Crippen molar-refractivity contribution in [3.63, 3.8) is 0 Å². The number of hydrogen-bond acceptors (Lipinski definition) is 3. The van der Waals surface area contributed by atoms with Gasteiger partial charge in [0, 0.05) is 5.69 Å². The third-order valence-corrected chi connectivity index (χ3v) is 4.12. The summed E-state index contributed by atoms with van der Waals surface area (Å²) in [6.07, 6.45) is 2.19. The maximum Gasteiger partial charge on any atom is 0.337 e. The van der Waals surface area contributed by atoms with Gasteiger partial charge in [-0.15, -0.1) is 0 Å². The van der Waals surface area contributed by atoms with Crippen molar-refractivity contribution in [3.8, 4) is 0 Å². The van der Waals surface area contributed by atoms with Gasteiger partial charge >= 0.3 is 5.97 Å². The van der Waals surface area contributed by atoms with E-state index >= 15 is 0 Å². The first kappa shape index (κ1) is 13.7. The average Bonchev–Trinajstić information content (AvgIpc) is 2.92. The maximum absolute atomic E-state index is 11.7. The van der Waals surface area contributed by atoms with Crippen molar-refractivity contribution in [2.45, 2.75) is 25.8 Å². The van der Waals surface area contributed by atoms with E-state index in [4.69, 9.17) is 4.74 Å². The molecular weight excluding hydrogens is 262 g/mol. The van der Waals surface area contributed by atoms with Crippen LogP contribution in [0.3, 0.4) is 0 Å². The highest BCUT2D eigenvalue weighted by atomic mass is 16.5. The van der Waals surface area contributed by atoms with Crippen LogP contribution in [0.5, 0.6) is 0 Å². The largest absolute Gasteiger partial charge is 0.465 e. The van der Waals surface area contributed by atoms with Crippen molar-refractivity contribution < 1.29 is 9.53 Å². The first-order valence-electron chi connectivity index (χ1n) is 7.22. The zero-order valence-corrected chi connectivity index (χ0v) is 12.3. The fraction of sp³-hybridized carbons (Fsp3) is 0.278. The molecule has 0 fully saturated rings. The Morgan fingerprint density at radius 1 is 1.24 bits per heavy atom. The van der Waals surface area contributed by atoms with E-state index in [9.17, 15) is 4.79 Å². The Labute approximate surface area is 124 Å². The van der Waals surface area contributed by atoms with Gasteiger partial charge in [0.15, 0.2) is 0 Å². The van der Waals surface area contributed by atoms with Crippen LogP contribution in [0.1, 0.15) is 39.5 Å². The molecule has 3 heteroatoms. The van der Waals surface area contributed by atoms with Crippen molar-refractivity contribution in [1.82, 2.24) is 0 Å². The lowest BCUT2D eigenvalue weighted by molar-refractivity contribution is 0.0601. The molecule has 0 aliphatic heterocycles. The molecule has 0 bridgehead atoms. The van der Waals surface area contributed by atoms with Crippen LogP contribution in [-0.4, -0.2) is 13.1 Å². The Morgan fingerprint density at radius 2 is 2.05 bits per heavy atom. The number of anilines is 1. The molecule has 1 aliphatic carbocycles. The number of hydrogen-bond donors (Lipinski definition) is 1. The normalized spacial score (nSPS) is 16.4. The van der Waals surface area contributed by atoms with Gasteiger partial charge in [-0.1, -0.05) is 30.3 Å². The van der Waals surface area contributed by atoms with Crippen LogP contribution >= 0.6 is 0 Å². The zero-order chi connectivity index (χ0) is 14.8. The summed E-state index contributed by atoms with van der Waals surface area (Å²) in [5.41, 5.74) is 5.49. The standard InChI is InChI=1S/C18H19NO2/c1-12-7-8-14(18(20)21-2)11-17(12)19-16-10-9-13-5-3-4-6-15(13)16/h3-8,11,16,19H,9-10H2,1-2H3. The van der Waals surface area contributed by atoms with Crippen molar-refractivity contribution in [3.05, 3.63) is 64.7 Å². The van der Waals surface area contributed by atoms with E-state index < -0.39 is 0 Å². The molecule has 3 nitrogen and oxygen atoms in total. The summed E-state index contributed by atoms with van der Waals surface area (Å²) in [4.78, 5) is 11.7. The molecular formula is C18H19NO2. The third-order valence-electron chi connectivity index (χ3n) is 4.12. The molecule has 2 aromatic carbocycles. The van der Waals surface area contributed by atoms with E-state index in [1.54, 1.807) is 6.07 Å². The topological polar surface area (TPSA) is 38.3 Å². The zero-order valence-electron chi connectivity index (χ0n) is 12.3. The monoisotopic (exact) mass is 281 g/mol. The van der Waals surface area contributed by atoms with Crippen LogP contribution in [-0.2, 0) is 11.2 Å². The molecule has 0 spiro atoms. The first-order chi connectivity index (χ1) is 10.2. The van der Waals surface area contributed by atoms with E-state index in [1.165, 1.54) is 18.2 Å². The summed E-state index contributed by atoms with van der Waals surface area (Å²) in [7, 11) is 1.41. The maximum atomic E-state index is 11.7. The van der Waals surface area contributed by atoms with Crippen LogP contribution in [0.2, 0.25) is 0 Å². The molecule has 1 unspecified atom stereocenters. The van der Waals surface area contributed by atoms with Gasteiger partial charge in [-0.2, -0.15) is 0 Å². The van der Waals surface area contributed by atoms with Gasteiger partial charge in [-0.25, -0.2) is 4.79 Å². The van der Waals surface area contributed by atoms with Gasteiger partial charge in [-0.3, -0.25) is 0 Å². The van der Waals surface area contributed by atoms with Crippen molar-refractivity contribution in [2.75, 3.05) is 12.4 Å². The fourth-order valence-corrected chi connectivity index (χ4v) is 2.92. The highest BCUT2D eigenvalue weighted by Gasteiger charge is 2.22. The molecule has 0 amide bonds. The fourth-order valence-electron chi connectivity index (χ4n) is 2.92. The Kier molecular flexibility index (Phi) is 3.65. The number of ether oxygens (including phenoxy) is 1. The molecule has 108 valence electrons. The number of benzene rings is 2. The van der Waals surface area contributed by atoms with Crippen LogP contribution < -0.4 is 5.32 Å². The van der Waals surface area contributed by atoms with Crippen molar-refractivity contribution in [2.24, 2.45) is 0 Å². The lowest BCUT2D eigenvalue weighted by Crippen LogP contribution is -2.09. The molecule has 1 N–H and O–H groups in total. The molecule has 0 radical (unpaired) electrons. The first-order valence-corrected chi connectivity index (χ1v) is 7.22. The second-order valence-corrected chi connectivity index (χ2v) is 5.46. The van der Waals surface area contributed by atoms with Crippen LogP contribution in [0, 0.1) is 6.92 Å². The minimum Gasteiger partial charge on any atom is -0.465 e. The smallest absolute Gasteiger partial charge is 0.337 e. The number of rotatable bonds is 3. The second kappa shape index (κ2) is 5.60. The summed E-state index contributed by atoms with van der Waals surface area (Å²) in [6, 6.07) is 14.5. The van der Waals surface area contributed by atoms with E-state index in [0.717, 1.165) is 24.1 Å². The Morgan fingerprint density at radius 3 is 2.86 bits per heavy atom.